The number of aromatic nitrogens is 1. The Bertz CT molecular complexity index is 504. The number of benzene rings is 1. The fourth-order valence-corrected chi connectivity index (χ4v) is 1.63. The van der Waals surface area contributed by atoms with Crippen LogP contribution in [0, 0.1) is 0 Å². The van der Waals surface area contributed by atoms with E-state index in [1.807, 2.05) is 24.3 Å². The van der Waals surface area contributed by atoms with Crippen LogP contribution in [0.25, 0.3) is 0 Å². The van der Waals surface area contributed by atoms with Crippen LogP contribution in [0.4, 0.5) is 0 Å². The molecule has 2 aromatic rings. The second-order valence-electron chi connectivity index (χ2n) is 4.25. The third-order valence-corrected chi connectivity index (χ3v) is 2.64. The molecule has 0 amide bonds. The summed E-state index contributed by atoms with van der Waals surface area (Å²) in [7, 11) is 1.60. The Morgan fingerprint density at radius 3 is 2.63 bits per heavy atom. The van der Waals surface area contributed by atoms with Crippen LogP contribution in [0.1, 0.15) is 30.0 Å². The first kappa shape index (κ1) is 13.6. The molecule has 5 heteroatoms. The molecule has 0 radical (unpaired) electrons. The second kappa shape index (κ2) is 6.36. The van der Waals surface area contributed by atoms with Gasteiger partial charge in [0.2, 0.25) is 0 Å². The van der Waals surface area contributed by atoms with Gasteiger partial charge in [-0.05, 0) is 24.6 Å². The van der Waals surface area contributed by atoms with E-state index in [1.54, 1.807) is 20.1 Å². The largest absolute Gasteiger partial charge is 0.487 e. The first-order chi connectivity index (χ1) is 9.19. The minimum absolute atomic E-state index is 0.335. The average Bonchev–Trinajstić information content (AvgIpc) is 2.85. The van der Waals surface area contributed by atoms with Gasteiger partial charge < -0.3 is 19.1 Å². The SMILES string of the molecule is COCc1cc(COc2ccc([C@@H](C)O)cc2)no1. The van der Waals surface area contributed by atoms with Crippen molar-refractivity contribution in [3.05, 3.63) is 47.3 Å². The highest BCUT2D eigenvalue weighted by atomic mass is 16.5. The van der Waals surface area contributed by atoms with E-state index in [9.17, 15) is 5.11 Å². The number of aliphatic hydroxyl groups is 1. The summed E-state index contributed by atoms with van der Waals surface area (Å²) >= 11 is 0. The lowest BCUT2D eigenvalue weighted by Crippen LogP contribution is -1.96. The summed E-state index contributed by atoms with van der Waals surface area (Å²) in [5.41, 5.74) is 1.57. The summed E-state index contributed by atoms with van der Waals surface area (Å²) < 4.78 is 15.6. The van der Waals surface area contributed by atoms with Crippen LogP contribution in [0.2, 0.25) is 0 Å². The minimum Gasteiger partial charge on any atom is -0.487 e. The Balaban J connectivity index is 1.90. The number of hydrogen-bond acceptors (Lipinski definition) is 5. The van der Waals surface area contributed by atoms with Crippen LogP contribution in [0.15, 0.2) is 34.9 Å². The van der Waals surface area contributed by atoms with Crippen molar-refractivity contribution in [1.82, 2.24) is 5.16 Å². The monoisotopic (exact) mass is 263 g/mol. The first-order valence-electron chi connectivity index (χ1n) is 6.03. The molecule has 102 valence electrons. The molecule has 0 fully saturated rings. The quantitative estimate of drug-likeness (QED) is 0.867. The maximum atomic E-state index is 9.40. The highest BCUT2D eigenvalue weighted by molar-refractivity contribution is 5.28. The molecule has 1 atom stereocenters. The van der Waals surface area contributed by atoms with Gasteiger partial charge in [-0.15, -0.1) is 0 Å². The van der Waals surface area contributed by atoms with E-state index in [4.69, 9.17) is 14.0 Å². The van der Waals surface area contributed by atoms with E-state index in [0.717, 1.165) is 11.3 Å². The molecule has 1 aromatic carbocycles. The molecule has 0 aliphatic carbocycles. The summed E-state index contributed by atoms with van der Waals surface area (Å²) in [5.74, 6) is 1.39. The van der Waals surface area contributed by atoms with E-state index in [0.29, 0.717) is 24.7 Å². The summed E-state index contributed by atoms with van der Waals surface area (Å²) in [5, 5.41) is 13.3. The molecular formula is C14H17NO4. The minimum atomic E-state index is -0.471. The number of methoxy groups -OCH3 is 1. The van der Waals surface area contributed by atoms with Crippen molar-refractivity contribution in [1.29, 1.82) is 0 Å². The molecule has 0 spiro atoms. The van der Waals surface area contributed by atoms with Crippen molar-refractivity contribution in [2.45, 2.75) is 26.2 Å². The average molecular weight is 263 g/mol. The van der Waals surface area contributed by atoms with Crippen molar-refractivity contribution in [3.63, 3.8) is 0 Å². The summed E-state index contributed by atoms with van der Waals surface area (Å²) in [6, 6.07) is 9.10. The Morgan fingerprint density at radius 2 is 2.00 bits per heavy atom. The zero-order chi connectivity index (χ0) is 13.7. The van der Waals surface area contributed by atoms with Crippen LogP contribution < -0.4 is 4.74 Å². The second-order valence-corrected chi connectivity index (χ2v) is 4.25. The zero-order valence-electron chi connectivity index (χ0n) is 11.0. The third-order valence-electron chi connectivity index (χ3n) is 2.64. The predicted octanol–water partition coefficient (Wildman–Crippen LogP) is 2.45. The topological polar surface area (TPSA) is 64.7 Å². The van der Waals surface area contributed by atoms with Crippen molar-refractivity contribution >= 4 is 0 Å². The normalized spacial score (nSPS) is 12.4. The van der Waals surface area contributed by atoms with Crippen molar-refractivity contribution in [2.75, 3.05) is 7.11 Å². The summed E-state index contributed by atoms with van der Waals surface area (Å²) in [6.45, 7) is 2.46. The van der Waals surface area contributed by atoms with Crippen molar-refractivity contribution in [2.24, 2.45) is 0 Å². The number of aliphatic hydroxyl groups excluding tert-OH is 1. The van der Waals surface area contributed by atoms with Crippen LogP contribution in [-0.4, -0.2) is 17.4 Å². The Morgan fingerprint density at radius 1 is 1.26 bits per heavy atom. The van der Waals surface area contributed by atoms with E-state index >= 15 is 0 Å². The van der Waals surface area contributed by atoms with Gasteiger partial charge >= 0.3 is 0 Å². The van der Waals surface area contributed by atoms with Crippen LogP contribution in [0.5, 0.6) is 5.75 Å². The molecule has 0 aliphatic rings. The Labute approximate surface area is 111 Å². The van der Waals surface area contributed by atoms with Crippen LogP contribution in [-0.2, 0) is 18.0 Å². The molecule has 1 heterocycles. The van der Waals surface area contributed by atoms with Crippen LogP contribution in [0.3, 0.4) is 0 Å². The van der Waals surface area contributed by atoms with Gasteiger partial charge in [0.1, 0.15) is 24.7 Å². The smallest absolute Gasteiger partial charge is 0.162 e. The first-order valence-corrected chi connectivity index (χ1v) is 6.03. The molecule has 0 saturated carbocycles. The molecule has 0 aliphatic heterocycles. The molecule has 0 bridgehead atoms. The summed E-state index contributed by atoms with van der Waals surface area (Å²) in [4.78, 5) is 0. The number of nitrogens with zero attached hydrogens (tertiary/aromatic N) is 1. The molecular weight excluding hydrogens is 246 g/mol. The maximum absolute atomic E-state index is 9.40. The van der Waals surface area contributed by atoms with E-state index < -0.39 is 6.10 Å². The molecule has 0 saturated heterocycles. The van der Waals surface area contributed by atoms with E-state index in [2.05, 4.69) is 5.16 Å². The molecule has 2 rings (SSSR count). The number of hydrogen-bond donors (Lipinski definition) is 1. The third kappa shape index (κ3) is 3.81. The van der Waals surface area contributed by atoms with Crippen LogP contribution >= 0.6 is 0 Å². The molecule has 1 aromatic heterocycles. The molecule has 1 N–H and O–H groups in total. The van der Waals surface area contributed by atoms with Crippen molar-refractivity contribution < 1.29 is 19.1 Å². The van der Waals surface area contributed by atoms with E-state index in [1.165, 1.54) is 0 Å². The standard InChI is InChI=1S/C14H17NO4/c1-10(16)11-3-5-13(6-4-11)18-8-12-7-14(9-17-2)19-15-12/h3-7,10,16H,8-9H2,1-2H3/t10-/m1/s1. The Hall–Kier alpha value is -1.85. The zero-order valence-corrected chi connectivity index (χ0v) is 11.0. The highest BCUT2D eigenvalue weighted by Gasteiger charge is 2.05. The lowest BCUT2D eigenvalue weighted by atomic mass is 10.1. The lowest BCUT2D eigenvalue weighted by Gasteiger charge is -2.07. The number of ether oxygens (including phenoxy) is 2. The molecule has 0 unspecified atom stereocenters. The fourth-order valence-electron chi connectivity index (χ4n) is 1.63. The van der Waals surface area contributed by atoms with Gasteiger partial charge in [-0.25, -0.2) is 0 Å². The van der Waals surface area contributed by atoms with Gasteiger partial charge in [-0.1, -0.05) is 17.3 Å². The van der Waals surface area contributed by atoms with Gasteiger partial charge in [0.15, 0.2) is 5.76 Å². The van der Waals surface area contributed by atoms with Gasteiger partial charge in [-0.3, -0.25) is 0 Å². The summed E-state index contributed by atoms with van der Waals surface area (Å²) in [6.07, 6.45) is -0.471. The van der Waals surface area contributed by atoms with Gasteiger partial charge in [0, 0.05) is 13.2 Å². The predicted molar refractivity (Wildman–Crippen MR) is 68.6 cm³/mol. The molecule has 19 heavy (non-hydrogen) atoms. The fraction of sp³-hybridized carbons (Fsp3) is 0.357. The number of rotatable bonds is 6. The van der Waals surface area contributed by atoms with Gasteiger partial charge in [-0.2, -0.15) is 0 Å². The van der Waals surface area contributed by atoms with Gasteiger partial charge in [0.25, 0.3) is 0 Å². The van der Waals surface area contributed by atoms with Crippen molar-refractivity contribution in [3.8, 4) is 5.75 Å². The lowest BCUT2D eigenvalue weighted by molar-refractivity contribution is 0.155. The maximum Gasteiger partial charge on any atom is 0.162 e. The Kier molecular flexibility index (Phi) is 4.54. The van der Waals surface area contributed by atoms with E-state index in [-0.39, 0.29) is 0 Å². The van der Waals surface area contributed by atoms with Gasteiger partial charge in [0.05, 0.1) is 6.10 Å². The molecule has 5 nitrogen and oxygen atoms in total. The highest BCUT2D eigenvalue weighted by Crippen LogP contribution is 2.18.